The lowest BCUT2D eigenvalue weighted by atomic mass is 9.90. The predicted octanol–water partition coefficient (Wildman–Crippen LogP) is 7.86. The van der Waals surface area contributed by atoms with E-state index < -0.39 is 0 Å². The van der Waals surface area contributed by atoms with Crippen molar-refractivity contribution in [3.63, 3.8) is 0 Å². The smallest absolute Gasteiger partial charge is 0.309 e. The number of carbonyl (C=O) groups excluding carboxylic acids is 2. The predicted molar refractivity (Wildman–Crippen MR) is 168 cm³/mol. The summed E-state index contributed by atoms with van der Waals surface area (Å²) in [7, 11) is 0. The van der Waals surface area contributed by atoms with E-state index >= 15 is 0 Å². The molecule has 4 heterocycles. The fourth-order valence-corrected chi connectivity index (χ4v) is 7.08. The molecule has 0 N–H and O–H groups in total. The molecule has 1 amide bonds. The quantitative estimate of drug-likeness (QED) is 0.173. The Morgan fingerprint density at radius 2 is 1.62 bits per heavy atom. The summed E-state index contributed by atoms with van der Waals surface area (Å²) in [5, 5.41) is 0. The fraction of sp³-hybridized carbons (Fsp3) is 0.778. The number of amides is 1. The van der Waals surface area contributed by atoms with Gasteiger partial charge >= 0.3 is 5.97 Å². The Balaban J connectivity index is 1.33. The zero-order valence-corrected chi connectivity index (χ0v) is 26.6. The molecule has 4 aliphatic heterocycles. The van der Waals surface area contributed by atoms with Crippen molar-refractivity contribution in [1.29, 1.82) is 0 Å². The second-order valence-corrected chi connectivity index (χ2v) is 13.4. The van der Waals surface area contributed by atoms with Crippen LogP contribution in [0.15, 0.2) is 36.0 Å². The fourth-order valence-electron chi connectivity index (χ4n) is 7.08. The Morgan fingerprint density at radius 3 is 2.40 bits per heavy atom. The van der Waals surface area contributed by atoms with Crippen LogP contribution in [0.25, 0.3) is 0 Å². The van der Waals surface area contributed by atoms with Gasteiger partial charge in [0.2, 0.25) is 5.91 Å². The van der Waals surface area contributed by atoms with E-state index in [0.29, 0.717) is 24.3 Å². The van der Waals surface area contributed by atoms with Crippen LogP contribution in [0.5, 0.6) is 0 Å². The number of hydrogen-bond acceptors (Lipinski definition) is 5. The molecule has 4 rings (SSSR count). The number of allylic oxidation sites excluding steroid dienone is 3. The summed E-state index contributed by atoms with van der Waals surface area (Å²) in [4.78, 5) is 27.6. The lowest BCUT2D eigenvalue weighted by Gasteiger charge is -2.37. The standard InChI is InChI=1S/C36H57NO5/c1-4-29-23-32-25-31-15-13-14-30(40-31)22-27(2)18-19-28(3)34(42-36(39)26-33(24-29)41-32)16-9-6-5-7-10-17-35(38)37-20-11-8-12-21-37/h4,9,16,18-19,27-28,30-34H,5-8,10-15,17,20-26H2,1-3H3. The first-order valence-corrected chi connectivity index (χ1v) is 17.2. The molecule has 0 saturated carbocycles. The van der Waals surface area contributed by atoms with E-state index in [9.17, 15) is 9.59 Å². The maximum Gasteiger partial charge on any atom is 0.309 e. The zero-order valence-electron chi connectivity index (χ0n) is 26.6. The summed E-state index contributed by atoms with van der Waals surface area (Å²) < 4.78 is 19.2. The highest BCUT2D eigenvalue weighted by molar-refractivity contribution is 5.76. The molecule has 0 aliphatic carbocycles. The van der Waals surface area contributed by atoms with Crippen molar-refractivity contribution in [2.75, 3.05) is 13.1 Å². The van der Waals surface area contributed by atoms with E-state index in [2.05, 4.69) is 51.2 Å². The van der Waals surface area contributed by atoms with Crippen molar-refractivity contribution < 1.29 is 23.8 Å². The molecule has 236 valence electrons. The largest absolute Gasteiger partial charge is 0.457 e. The van der Waals surface area contributed by atoms with Crippen LogP contribution in [0.4, 0.5) is 0 Å². The van der Waals surface area contributed by atoms with E-state index in [0.717, 1.165) is 90.1 Å². The molecule has 0 spiro atoms. The monoisotopic (exact) mass is 583 g/mol. The molecule has 0 radical (unpaired) electrons. The summed E-state index contributed by atoms with van der Waals surface area (Å²) in [6, 6.07) is 0. The van der Waals surface area contributed by atoms with Crippen LogP contribution >= 0.6 is 0 Å². The highest BCUT2D eigenvalue weighted by atomic mass is 16.5. The number of esters is 1. The molecule has 4 bridgehead atoms. The third kappa shape index (κ3) is 11.0. The third-order valence-corrected chi connectivity index (χ3v) is 9.59. The first kappa shape index (κ1) is 33.0. The van der Waals surface area contributed by atoms with Crippen LogP contribution in [0.3, 0.4) is 0 Å². The van der Waals surface area contributed by atoms with E-state index in [1.165, 1.54) is 18.4 Å². The minimum absolute atomic E-state index is 0.0777. The lowest BCUT2D eigenvalue weighted by molar-refractivity contribution is -0.154. The van der Waals surface area contributed by atoms with Crippen molar-refractivity contribution in [2.45, 2.75) is 154 Å². The molecular weight excluding hydrogens is 526 g/mol. The molecule has 42 heavy (non-hydrogen) atoms. The van der Waals surface area contributed by atoms with E-state index in [4.69, 9.17) is 14.2 Å². The van der Waals surface area contributed by atoms with Crippen molar-refractivity contribution in [3.8, 4) is 0 Å². The van der Waals surface area contributed by atoms with Gasteiger partial charge in [-0.25, -0.2) is 0 Å². The topological polar surface area (TPSA) is 65.1 Å². The number of cyclic esters (lactones) is 1. The van der Waals surface area contributed by atoms with Gasteiger partial charge in [0.15, 0.2) is 0 Å². The average molecular weight is 584 g/mol. The van der Waals surface area contributed by atoms with E-state index in [1.807, 2.05) is 4.90 Å². The average Bonchev–Trinajstić information content (AvgIpc) is 2.98. The van der Waals surface area contributed by atoms with Crippen LogP contribution < -0.4 is 0 Å². The second kappa shape index (κ2) is 17.4. The van der Waals surface area contributed by atoms with Crippen LogP contribution in [0.1, 0.15) is 124 Å². The SMILES string of the molecule is CC=C1CC2CC(=O)OC(C=CCCCCCC(=O)N3CCCCC3)C(C)C=CC(C)CC3CCCC(CC(C1)O2)O3. The Bertz CT molecular complexity index is 935. The van der Waals surface area contributed by atoms with Crippen molar-refractivity contribution >= 4 is 11.9 Å². The number of nitrogens with zero attached hydrogens (tertiary/aromatic N) is 1. The Morgan fingerprint density at radius 1 is 0.881 bits per heavy atom. The Labute approximate surface area is 255 Å². The molecule has 0 aromatic carbocycles. The Kier molecular flexibility index (Phi) is 13.7. The van der Waals surface area contributed by atoms with Gasteiger partial charge in [-0.2, -0.15) is 0 Å². The molecular formula is C36H57NO5. The number of fused-ring (bicyclic) bond motifs is 4. The van der Waals surface area contributed by atoms with Crippen LogP contribution in [0.2, 0.25) is 0 Å². The molecule has 0 aromatic rings. The number of likely N-dealkylation sites (tertiary alicyclic amines) is 1. The molecule has 3 fully saturated rings. The minimum atomic E-state index is -0.301. The Hall–Kier alpha value is -1.92. The minimum Gasteiger partial charge on any atom is -0.457 e. The number of rotatable bonds is 7. The molecule has 6 heteroatoms. The molecule has 7 atom stereocenters. The molecule has 4 aliphatic rings. The van der Waals surface area contributed by atoms with Gasteiger partial charge in [-0.05, 0) is 96.0 Å². The highest BCUT2D eigenvalue weighted by Crippen LogP contribution is 2.33. The van der Waals surface area contributed by atoms with Gasteiger partial charge in [0, 0.05) is 31.8 Å². The number of ether oxygens (including phenoxy) is 3. The first-order chi connectivity index (χ1) is 20.4. The van der Waals surface area contributed by atoms with Crippen molar-refractivity contribution in [1.82, 2.24) is 4.90 Å². The first-order valence-electron chi connectivity index (χ1n) is 17.2. The van der Waals surface area contributed by atoms with Gasteiger partial charge in [-0.1, -0.05) is 50.1 Å². The summed E-state index contributed by atoms with van der Waals surface area (Å²) >= 11 is 0. The number of piperidine rings is 1. The van der Waals surface area contributed by atoms with Gasteiger partial charge in [0.1, 0.15) is 6.10 Å². The summed E-state index contributed by atoms with van der Waals surface area (Å²) in [6.07, 6.45) is 26.7. The van der Waals surface area contributed by atoms with Gasteiger partial charge < -0.3 is 19.1 Å². The summed E-state index contributed by atoms with van der Waals surface area (Å²) in [5.74, 6) is 0.620. The van der Waals surface area contributed by atoms with E-state index in [-0.39, 0.29) is 42.7 Å². The third-order valence-electron chi connectivity index (χ3n) is 9.59. The number of unbranched alkanes of at least 4 members (excludes halogenated alkanes) is 3. The number of hydrogen-bond donors (Lipinski definition) is 0. The molecule has 3 saturated heterocycles. The van der Waals surface area contributed by atoms with Gasteiger partial charge in [0.25, 0.3) is 0 Å². The summed E-state index contributed by atoms with van der Waals surface area (Å²) in [6.45, 7) is 8.37. The van der Waals surface area contributed by atoms with Crippen molar-refractivity contribution in [3.05, 3.63) is 36.0 Å². The van der Waals surface area contributed by atoms with E-state index in [1.54, 1.807) is 0 Å². The maximum atomic E-state index is 13.2. The van der Waals surface area contributed by atoms with Crippen molar-refractivity contribution in [2.24, 2.45) is 11.8 Å². The number of carbonyl (C=O) groups is 2. The molecule has 6 nitrogen and oxygen atoms in total. The molecule has 0 aromatic heterocycles. The highest BCUT2D eigenvalue weighted by Gasteiger charge is 2.32. The normalized spacial score (nSPS) is 34.5. The maximum absolute atomic E-state index is 13.2. The van der Waals surface area contributed by atoms with Crippen LogP contribution in [-0.4, -0.2) is 60.4 Å². The lowest BCUT2D eigenvalue weighted by Crippen LogP contribution is -2.37. The summed E-state index contributed by atoms with van der Waals surface area (Å²) in [5.41, 5.74) is 1.37. The second-order valence-electron chi connectivity index (χ2n) is 13.4. The van der Waals surface area contributed by atoms with Crippen LogP contribution in [0, 0.1) is 11.8 Å². The van der Waals surface area contributed by atoms with Crippen LogP contribution in [-0.2, 0) is 23.8 Å². The van der Waals surface area contributed by atoms with Gasteiger partial charge in [0.05, 0.1) is 30.8 Å². The van der Waals surface area contributed by atoms with Gasteiger partial charge in [-0.3, -0.25) is 9.59 Å². The zero-order chi connectivity index (χ0) is 29.7. The van der Waals surface area contributed by atoms with Gasteiger partial charge in [-0.15, -0.1) is 0 Å². The molecule has 7 unspecified atom stereocenters.